The minimum atomic E-state index is 0.281. The van der Waals surface area contributed by atoms with Crippen LogP contribution in [0.3, 0.4) is 0 Å². The van der Waals surface area contributed by atoms with Crippen molar-refractivity contribution in [3.63, 3.8) is 0 Å². The van der Waals surface area contributed by atoms with Gasteiger partial charge in [0, 0.05) is 18.5 Å². The topological polar surface area (TPSA) is 41.1 Å². The van der Waals surface area contributed by atoms with E-state index in [-0.39, 0.29) is 11.8 Å². The summed E-state index contributed by atoms with van der Waals surface area (Å²) in [6.07, 6.45) is 3.28. The maximum Gasteiger partial charge on any atom is 0.223 e. The summed E-state index contributed by atoms with van der Waals surface area (Å²) in [5.41, 5.74) is 0.302. The first-order chi connectivity index (χ1) is 6.65. The Morgan fingerprint density at radius 2 is 2.43 bits per heavy atom. The van der Waals surface area contributed by atoms with Crippen molar-refractivity contribution in [3.05, 3.63) is 0 Å². The molecule has 3 heteroatoms. The molecule has 1 saturated heterocycles. The molecule has 14 heavy (non-hydrogen) atoms. The number of amides is 1. The van der Waals surface area contributed by atoms with Crippen LogP contribution in [0.1, 0.15) is 33.1 Å². The largest absolute Gasteiger partial charge is 0.352 e. The third kappa shape index (κ3) is 1.78. The average Bonchev–Trinajstić information content (AvgIpc) is 2.60. The van der Waals surface area contributed by atoms with Crippen molar-refractivity contribution in [2.24, 2.45) is 11.3 Å². The molecule has 0 spiro atoms. The first-order valence-electron chi connectivity index (χ1n) is 5.67. The van der Waals surface area contributed by atoms with Crippen LogP contribution in [0.4, 0.5) is 0 Å². The van der Waals surface area contributed by atoms with Crippen LogP contribution in [0.5, 0.6) is 0 Å². The molecular formula is C11H20N2O. The number of carbonyl (C=O) groups is 1. The summed E-state index contributed by atoms with van der Waals surface area (Å²) in [5.74, 6) is 0.566. The Bertz CT molecular complexity index is 235. The van der Waals surface area contributed by atoms with Gasteiger partial charge in [-0.1, -0.05) is 13.8 Å². The Hall–Kier alpha value is -0.570. The molecule has 1 heterocycles. The highest BCUT2D eigenvalue weighted by atomic mass is 16.2. The molecule has 1 aliphatic carbocycles. The molecule has 2 rings (SSSR count). The first-order valence-corrected chi connectivity index (χ1v) is 5.67. The standard InChI is InChI=1S/C11H20N2O/c1-3-11(2)6-9(11)10(14)13-8-4-5-12-7-8/h8-9,12H,3-7H2,1-2H3,(H,13,14). The summed E-state index contributed by atoms with van der Waals surface area (Å²) in [6.45, 7) is 6.37. The van der Waals surface area contributed by atoms with Gasteiger partial charge in [-0.2, -0.15) is 0 Å². The summed E-state index contributed by atoms with van der Waals surface area (Å²) in [5, 5.41) is 6.39. The molecule has 1 amide bonds. The van der Waals surface area contributed by atoms with Crippen LogP contribution < -0.4 is 10.6 Å². The minimum Gasteiger partial charge on any atom is -0.352 e. The molecule has 1 saturated carbocycles. The number of hydrogen-bond acceptors (Lipinski definition) is 2. The maximum atomic E-state index is 11.8. The highest BCUT2D eigenvalue weighted by Crippen LogP contribution is 2.54. The van der Waals surface area contributed by atoms with Crippen LogP contribution >= 0.6 is 0 Å². The van der Waals surface area contributed by atoms with Crippen LogP contribution in [0.25, 0.3) is 0 Å². The minimum absolute atomic E-state index is 0.281. The van der Waals surface area contributed by atoms with E-state index in [1.807, 2.05) is 0 Å². The lowest BCUT2D eigenvalue weighted by molar-refractivity contribution is -0.123. The van der Waals surface area contributed by atoms with E-state index >= 15 is 0 Å². The summed E-state index contributed by atoms with van der Waals surface area (Å²) in [6, 6.07) is 0.379. The van der Waals surface area contributed by atoms with E-state index < -0.39 is 0 Å². The van der Waals surface area contributed by atoms with Gasteiger partial charge in [-0.15, -0.1) is 0 Å². The van der Waals surface area contributed by atoms with Crippen LogP contribution in [0.15, 0.2) is 0 Å². The van der Waals surface area contributed by atoms with E-state index in [1.54, 1.807) is 0 Å². The molecule has 2 N–H and O–H groups in total. The lowest BCUT2D eigenvalue weighted by Gasteiger charge is -2.12. The molecule has 2 aliphatic rings. The summed E-state index contributed by atoms with van der Waals surface area (Å²) in [7, 11) is 0. The van der Waals surface area contributed by atoms with Gasteiger partial charge in [-0.05, 0) is 31.2 Å². The first kappa shape index (κ1) is 9.97. The van der Waals surface area contributed by atoms with Gasteiger partial charge < -0.3 is 10.6 Å². The van der Waals surface area contributed by atoms with Gasteiger partial charge in [0.25, 0.3) is 0 Å². The molecule has 80 valence electrons. The quantitative estimate of drug-likeness (QED) is 0.704. The molecule has 3 atom stereocenters. The van der Waals surface area contributed by atoms with E-state index in [4.69, 9.17) is 0 Å². The summed E-state index contributed by atoms with van der Waals surface area (Å²) in [4.78, 5) is 11.8. The van der Waals surface area contributed by atoms with Gasteiger partial charge in [0.05, 0.1) is 0 Å². The second-order valence-corrected chi connectivity index (χ2v) is 4.96. The van der Waals surface area contributed by atoms with Crippen molar-refractivity contribution >= 4 is 5.91 Å². The Balaban J connectivity index is 1.80. The number of rotatable bonds is 3. The molecule has 1 aliphatic heterocycles. The fourth-order valence-corrected chi connectivity index (χ4v) is 2.29. The van der Waals surface area contributed by atoms with E-state index in [0.29, 0.717) is 11.5 Å². The van der Waals surface area contributed by atoms with Crippen LogP contribution in [0.2, 0.25) is 0 Å². The van der Waals surface area contributed by atoms with Crippen molar-refractivity contribution in [1.82, 2.24) is 10.6 Å². The molecular weight excluding hydrogens is 176 g/mol. The van der Waals surface area contributed by atoms with Crippen molar-refractivity contribution < 1.29 is 4.79 Å². The number of nitrogens with one attached hydrogen (secondary N) is 2. The lowest BCUT2D eigenvalue weighted by Crippen LogP contribution is -2.38. The molecule has 3 nitrogen and oxygen atoms in total. The molecule has 0 aromatic carbocycles. The maximum absolute atomic E-state index is 11.8. The average molecular weight is 196 g/mol. The molecule has 3 unspecified atom stereocenters. The normalized spacial score (nSPS) is 41.0. The SMILES string of the molecule is CCC1(C)CC1C(=O)NC1CCNC1. The summed E-state index contributed by atoms with van der Waals surface area (Å²) < 4.78 is 0. The van der Waals surface area contributed by atoms with Gasteiger partial charge in [-0.25, -0.2) is 0 Å². The van der Waals surface area contributed by atoms with Crippen LogP contribution in [0, 0.1) is 11.3 Å². The predicted octanol–water partition coefficient (Wildman–Crippen LogP) is 0.901. The Morgan fingerprint density at radius 3 is 2.93 bits per heavy atom. The molecule has 0 radical (unpaired) electrons. The van der Waals surface area contributed by atoms with Crippen LogP contribution in [-0.4, -0.2) is 25.0 Å². The lowest BCUT2D eigenvalue weighted by atomic mass is 10.0. The van der Waals surface area contributed by atoms with Gasteiger partial charge in [0.1, 0.15) is 0 Å². The van der Waals surface area contributed by atoms with Crippen molar-refractivity contribution in [3.8, 4) is 0 Å². The fraction of sp³-hybridized carbons (Fsp3) is 0.909. The monoisotopic (exact) mass is 196 g/mol. The summed E-state index contributed by atoms with van der Waals surface area (Å²) >= 11 is 0. The third-order valence-corrected chi connectivity index (χ3v) is 3.88. The zero-order valence-electron chi connectivity index (χ0n) is 9.10. The molecule has 0 aromatic rings. The molecule has 0 bridgehead atoms. The highest BCUT2D eigenvalue weighted by molar-refractivity contribution is 5.82. The van der Waals surface area contributed by atoms with Crippen molar-refractivity contribution in [1.29, 1.82) is 0 Å². The zero-order valence-corrected chi connectivity index (χ0v) is 9.10. The van der Waals surface area contributed by atoms with Crippen molar-refractivity contribution in [2.45, 2.75) is 39.2 Å². The van der Waals surface area contributed by atoms with Crippen molar-refractivity contribution in [2.75, 3.05) is 13.1 Å². The van der Waals surface area contributed by atoms with Gasteiger partial charge in [0.2, 0.25) is 5.91 Å². The number of carbonyl (C=O) groups excluding carboxylic acids is 1. The van der Waals surface area contributed by atoms with E-state index in [0.717, 1.165) is 32.4 Å². The van der Waals surface area contributed by atoms with Crippen LogP contribution in [-0.2, 0) is 4.79 Å². The fourth-order valence-electron chi connectivity index (χ4n) is 2.29. The molecule has 2 fully saturated rings. The Kier molecular flexibility index (Phi) is 2.52. The predicted molar refractivity (Wildman–Crippen MR) is 55.9 cm³/mol. The number of hydrogen-bond donors (Lipinski definition) is 2. The van der Waals surface area contributed by atoms with E-state index in [2.05, 4.69) is 24.5 Å². The van der Waals surface area contributed by atoms with E-state index in [9.17, 15) is 4.79 Å². The zero-order chi connectivity index (χ0) is 10.2. The second-order valence-electron chi connectivity index (χ2n) is 4.96. The van der Waals surface area contributed by atoms with Gasteiger partial charge in [-0.3, -0.25) is 4.79 Å². The smallest absolute Gasteiger partial charge is 0.223 e. The van der Waals surface area contributed by atoms with Gasteiger partial charge >= 0.3 is 0 Å². The second kappa shape index (κ2) is 3.54. The Labute approximate surface area is 85.6 Å². The molecule has 0 aromatic heterocycles. The highest BCUT2D eigenvalue weighted by Gasteiger charge is 2.53. The van der Waals surface area contributed by atoms with Gasteiger partial charge in [0.15, 0.2) is 0 Å². The van der Waals surface area contributed by atoms with E-state index in [1.165, 1.54) is 0 Å². The third-order valence-electron chi connectivity index (χ3n) is 3.88. The Morgan fingerprint density at radius 1 is 1.64 bits per heavy atom.